The van der Waals surface area contributed by atoms with Gasteiger partial charge in [0.15, 0.2) is 4.90 Å². The van der Waals surface area contributed by atoms with E-state index in [1.165, 1.54) is 28.6 Å². The molecule has 0 bridgehead atoms. The van der Waals surface area contributed by atoms with Crippen LogP contribution in [0.1, 0.15) is 18.4 Å². The highest BCUT2D eigenvalue weighted by Crippen LogP contribution is 2.28. The van der Waals surface area contributed by atoms with Gasteiger partial charge in [0.05, 0.1) is 10.8 Å². The Morgan fingerprint density at radius 3 is 2.38 bits per heavy atom. The summed E-state index contributed by atoms with van der Waals surface area (Å²) in [6, 6.07) is 12.5. The highest BCUT2D eigenvalue weighted by Gasteiger charge is 2.32. The molecule has 0 atom stereocenters. The molecule has 1 aliphatic rings. The minimum Gasteiger partial charge on any atom is -0.481 e. The Morgan fingerprint density at radius 1 is 1.16 bits per heavy atom. The highest BCUT2D eigenvalue weighted by molar-refractivity contribution is 9.10. The summed E-state index contributed by atoms with van der Waals surface area (Å²) in [6.07, 6.45) is 1.03. The van der Waals surface area contributed by atoms with Gasteiger partial charge in [0.25, 0.3) is 5.69 Å². The number of nitro groups is 1. The minimum absolute atomic E-state index is 0.0628. The molecule has 1 fully saturated rings. The number of para-hydroxylation sites is 1. The van der Waals surface area contributed by atoms with Crippen molar-refractivity contribution in [3.63, 3.8) is 0 Å². The third-order valence-corrected chi connectivity index (χ3v) is 7.98. The van der Waals surface area contributed by atoms with Crippen LogP contribution in [0, 0.1) is 16.0 Å². The van der Waals surface area contributed by atoms with Gasteiger partial charge in [-0.15, -0.1) is 0 Å². The molecular weight excluding hydrogens is 502 g/mol. The van der Waals surface area contributed by atoms with E-state index in [1.807, 2.05) is 17.0 Å². The van der Waals surface area contributed by atoms with Crippen LogP contribution in [0.3, 0.4) is 0 Å². The van der Waals surface area contributed by atoms with Crippen molar-refractivity contribution in [1.29, 1.82) is 0 Å². The van der Waals surface area contributed by atoms with Gasteiger partial charge >= 0.3 is 5.97 Å². The van der Waals surface area contributed by atoms with E-state index >= 15 is 0 Å². The number of nitrogens with zero attached hydrogens (tertiary/aromatic N) is 3. The smallest absolute Gasteiger partial charge is 0.306 e. The summed E-state index contributed by atoms with van der Waals surface area (Å²) in [5.41, 5.74) is 0.288. The Hall–Kier alpha value is -2.34. The fourth-order valence-electron chi connectivity index (χ4n) is 3.70. The van der Waals surface area contributed by atoms with E-state index in [0.717, 1.165) is 10.0 Å². The molecule has 9 nitrogen and oxygen atoms in total. The Bertz CT molecular complexity index is 1070. The maximum absolute atomic E-state index is 13.5. The van der Waals surface area contributed by atoms with Crippen molar-refractivity contribution in [3.05, 3.63) is 68.7 Å². The molecule has 32 heavy (non-hydrogen) atoms. The maximum atomic E-state index is 13.5. The summed E-state index contributed by atoms with van der Waals surface area (Å²) in [5, 5.41) is 20.6. The third-order valence-electron chi connectivity index (χ3n) is 5.55. The van der Waals surface area contributed by atoms with Gasteiger partial charge in [0, 0.05) is 30.2 Å². The van der Waals surface area contributed by atoms with Crippen molar-refractivity contribution >= 4 is 37.6 Å². The van der Waals surface area contributed by atoms with Gasteiger partial charge in [-0.3, -0.25) is 14.9 Å². The summed E-state index contributed by atoms with van der Waals surface area (Å²) in [6.45, 7) is 1.72. The topological polar surface area (TPSA) is 121 Å². The average molecular weight is 526 g/mol. The van der Waals surface area contributed by atoms with Gasteiger partial charge < -0.3 is 10.0 Å². The van der Waals surface area contributed by atoms with Crippen LogP contribution in [-0.4, -0.2) is 59.8 Å². The van der Waals surface area contributed by atoms with Crippen molar-refractivity contribution in [1.82, 2.24) is 9.21 Å². The molecule has 0 unspecified atom stereocenters. The lowest BCUT2D eigenvalue weighted by atomic mass is 9.97. The van der Waals surface area contributed by atoms with E-state index < -0.39 is 26.6 Å². The minimum atomic E-state index is -4.15. The van der Waals surface area contributed by atoms with Crippen molar-refractivity contribution in [2.75, 3.05) is 26.2 Å². The fourth-order valence-corrected chi connectivity index (χ4v) is 5.54. The number of benzene rings is 2. The molecule has 0 spiro atoms. The molecule has 0 radical (unpaired) electrons. The van der Waals surface area contributed by atoms with E-state index in [4.69, 9.17) is 5.11 Å². The number of hydrogen-bond donors (Lipinski definition) is 1. The van der Waals surface area contributed by atoms with E-state index in [1.54, 1.807) is 12.1 Å². The first-order valence-corrected chi connectivity index (χ1v) is 12.3. The normalized spacial score (nSPS) is 15.7. The number of halogens is 1. The van der Waals surface area contributed by atoms with E-state index in [-0.39, 0.29) is 23.9 Å². The zero-order valence-corrected chi connectivity index (χ0v) is 19.7. The van der Waals surface area contributed by atoms with Crippen LogP contribution in [0.2, 0.25) is 0 Å². The monoisotopic (exact) mass is 525 g/mol. The second-order valence-corrected chi connectivity index (χ2v) is 10.5. The maximum Gasteiger partial charge on any atom is 0.306 e. The number of carbonyl (C=O) groups is 1. The fraction of sp³-hybridized carbons (Fsp3) is 0.381. The van der Waals surface area contributed by atoms with E-state index in [0.29, 0.717) is 32.5 Å². The quantitative estimate of drug-likeness (QED) is 0.393. The van der Waals surface area contributed by atoms with Gasteiger partial charge in [-0.2, -0.15) is 4.31 Å². The first-order valence-electron chi connectivity index (χ1n) is 10.1. The summed E-state index contributed by atoms with van der Waals surface area (Å²) in [5.74, 6) is -1.18. The summed E-state index contributed by atoms with van der Waals surface area (Å²) in [4.78, 5) is 23.6. The summed E-state index contributed by atoms with van der Waals surface area (Å²) < 4.78 is 29.0. The third kappa shape index (κ3) is 5.91. The summed E-state index contributed by atoms with van der Waals surface area (Å²) >= 11 is 3.36. The molecule has 1 heterocycles. The van der Waals surface area contributed by atoms with Gasteiger partial charge in [0.2, 0.25) is 10.0 Å². The van der Waals surface area contributed by atoms with E-state index in [2.05, 4.69) is 15.9 Å². The van der Waals surface area contributed by atoms with Crippen molar-refractivity contribution in [3.8, 4) is 0 Å². The van der Waals surface area contributed by atoms with Crippen LogP contribution < -0.4 is 0 Å². The van der Waals surface area contributed by atoms with Crippen LogP contribution >= 0.6 is 15.9 Å². The number of sulfonamides is 1. The number of piperidine rings is 1. The lowest BCUT2D eigenvalue weighted by Gasteiger charge is -2.32. The largest absolute Gasteiger partial charge is 0.481 e. The number of carboxylic acid groups (broad SMARTS) is 1. The molecule has 0 saturated carbocycles. The highest BCUT2D eigenvalue weighted by atomic mass is 79.9. The number of carboxylic acids is 1. The molecule has 3 rings (SSSR count). The number of nitro benzene ring substituents is 1. The molecule has 0 aliphatic carbocycles. The number of likely N-dealkylation sites (tertiary alicyclic amines) is 1. The molecule has 1 N–H and O–H groups in total. The lowest BCUT2D eigenvalue weighted by molar-refractivity contribution is -0.387. The SMILES string of the molecule is O=C(O)C1CCN(CCN(Cc2ccc(Br)cc2)S(=O)(=O)c2ccccc2[N+](=O)[O-])CC1. The second kappa shape index (κ2) is 10.5. The van der Waals surface area contributed by atoms with Crippen molar-refractivity contribution in [2.24, 2.45) is 5.92 Å². The van der Waals surface area contributed by atoms with Gasteiger partial charge in [-0.05, 0) is 49.7 Å². The average Bonchev–Trinajstić information content (AvgIpc) is 2.78. The van der Waals surface area contributed by atoms with Gasteiger partial charge in [0.1, 0.15) is 0 Å². The molecule has 0 aromatic heterocycles. The molecule has 0 amide bonds. The van der Waals surface area contributed by atoms with Crippen LogP contribution in [0.25, 0.3) is 0 Å². The standard InChI is InChI=1S/C21H24BrN3O6S/c22-18-7-5-16(6-8-18)15-24(14-13-23-11-9-17(10-12-23)21(26)27)32(30,31)20-4-2-1-3-19(20)25(28)29/h1-8,17H,9-15H2,(H,26,27). The van der Waals surface area contributed by atoms with Crippen LogP contribution in [-0.2, 0) is 21.4 Å². The molecule has 172 valence electrons. The Balaban J connectivity index is 1.83. The Kier molecular flexibility index (Phi) is 7.99. The van der Waals surface area contributed by atoms with Crippen molar-refractivity contribution in [2.45, 2.75) is 24.3 Å². The molecule has 1 saturated heterocycles. The van der Waals surface area contributed by atoms with Crippen molar-refractivity contribution < 1.29 is 23.2 Å². The molecule has 11 heteroatoms. The Labute approximate surface area is 195 Å². The molecular formula is C21H24BrN3O6S. The number of aliphatic carboxylic acids is 1. The lowest BCUT2D eigenvalue weighted by Crippen LogP contribution is -2.42. The molecule has 1 aliphatic heterocycles. The zero-order chi connectivity index (χ0) is 23.3. The summed E-state index contributed by atoms with van der Waals surface area (Å²) in [7, 11) is -4.15. The molecule has 2 aromatic carbocycles. The molecule has 2 aromatic rings. The van der Waals surface area contributed by atoms with Crippen LogP contribution in [0.4, 0.5) is 5.69 Å². The zero-order valence-electron chi connectivity index (χ0n) is 17.3. The van der Waals surface area contributed by atoms with Gasteiger partial charge in [-0.25, -0.2) is 8.42 Å². The first kappa shape index (κ1) is 24.3. The Morgan fingerprint density at radius 2 is 1.78 bits per heavy atom. The second-order valence-electron chi connectivity index (χ2n) is 7.64. The first-order chi connectivity index (χ1) is 15.2. The van der Waals surface area contributed by atoms with Crippen LogP contribution in [0.5, 0.6) is 0 Å². The number of rotatable bonds is 9. The van der Waals surface area contributed by atoms with Gasteiger partial charge in [-0.1, -0.05) is 40.2 Å². The predicted octanol–water partition coefficient (Wildman–Crippen LogP) is 3.34. The predicted molar refractivity (Wildman–Crippen MR) is 122 cm³/mol. The van der Waals surface area contributed by atoms with Crippen LogP contribution in [0.15, 0.2) is 57.9 Å². The number of hydrogen-bond acceptors (Lipinski definition) is 6. The van der Waals surface area contributed by atoms with E-state index in [9.17, 15) is 23.3 Å².